The maximum atomic E-state index is 11.9. The molecule has 0 fully saturated rings. The van der Waals surface area contributed by atoms with Crippen molar-refractivity contribution >= 4 is 35.8 Å². The van der Waals surface area contributed by atoms with E-state index in [4.69, 9.17) is 22.4 Å². The summed E-state index contributed by atoms with van der Waals surface area (Å²) in [5.74, 6) is -1.60. The summed E-state index contributed by atoms with van der Waals surface area (Å²) in [6.45, 7) is 0. The molecule has 1 amide bonds. The van der Waals surface area contributed by atoms with Gasteiger partial charge in [0.15, 0.2) is 0 Å². The largest absolute Gasteiger partial charge is 0.506 e. The second kappa shape index (κ2) is 9.51. The number of phenolic OH excluding ortho intramolecular Hbond substituents is 1. The Labute approximate surface area is 160 Å². The van der Waals surface area contributed by atoms with Gasteiger partial charge in [-0.3, -0.25) is 9.59 Å². The zero-order valence-corrected chi connectivity index (χ0v) is 14.9. The summed E-state index contributed by atoms with van der Waals surface area (Å²) in [6, 6.07) is 10.4. The summed E-state index contributed by atoms with van der Waals surface area (Å²) >= 11 is 5.76. The molecule has 0 heterocycles. The first kappa shape index (κ1) is 20.2. The topological polar surface area (TPSA) is 125 Å². The van der Waals surface area contributed by atoms with E-state index < -0.39 is 17.9 Å². The molecule has 0 aliphatic carbocycles. The van der Waals surface area contributed by atoms with Crippen molar-refractivity contribution in [2.45, 2.75) is 12.5 Å². The number of carboxylic acids is 1. The van der Waals surface area contributed by atoms with Crippen molar-refractivity contribution in [3.8, 4) is 5.75 Å². The van der Waals surface area contributed by atoms with Crippen LogP contribution in [0.15, 0.2) is 53.6 Å². The lowest BCUT2D eigenvalue weighted by atomic mass is 10.1. The Balaban J connectivity index is 1.90. The fourth-order valence-corrected chi connectivity index (χ4v) is 2.20. The van der Waals surface area contributed by atoms with E-state index in [-0.39, 0.29) is 22.8 Å². The number of carboxylic acid groups (broad SMARTS) is 1. The van der Waals surface area contributed by atoms with Gasteiger partial charge in [-0.15, -0.1) is 0 Å². The van der Waals surface area contributed by atoms with Gasteiger partial charge in [0.1, 0.15) is 11.8 Å². The Morgan fingerprint density at radius 3 is 2.48 bits per heavy atom. The number of benzene rings is 2. The lowest BCUT2D eigenvalue weighted by Crippen LogP contribution is -2.29. The second-order valence-electron chi connectivity index (χ2n) is 5.61. The van der Waals surface area contributed by atoms with Crippen LogP contribution in [0.5, 0.6) is 5.75 Å². The van der Waals surface area contributed by atoms with E-state index in [0.717, 1.165) is 11.1 Å². The fourth-order valence-electron chi connectivity index (χ4n) is 2.02. The van der Waals surface area contributed by atoms with Crippen LogP contribution in [0.25, 0.3) is 6.08 Å². The molecule has 8 heteroatoms. The van der Waals surface area contributed by atoms with Gasteiger partial charge in [0, 0.05) is 5.56 Å². The van der Waals surface area contributed by atoms with Crippen molar-refractivity contribution in [1.82, 2.24) is 5.43 Å². The summed E-state index contributed by atoms with van der Waals surface area (Å²) in [5, 5.41) is 22.0. The van der Waals surface area contributed by atoms with Crippen LogP contribution in [0.3, 0.4) is 0 Å². The quantitative estimate of drug-likeness (QED) is 0.429. The van der Waals surface area contributed by atoms with Crippen molar-refractivity contribution in [2.24, 2.45) is 10.8 Å². The van der Waals surface area contributed by atoms with Crippen LogP contribution >= 0.6 is 11.6 Å². The van der Waals surface area contributed by atoms with Gasteiger partial charge in [0.05, 0.1) is 11.2 Å². The van der Waals surface area contributed by atoms with E-state index in [0.29, 0.717) is 0 Å². The highest BCUT2D eigenvalue weighted by atomic mass is 35.5. The number of carbonyl (C=O) groups excluding carboxylic acids is 1. The summed E-state index contributed by atoms with van der Waals surface area (Å²) in [6.07, 6.45) is 5.20. The maximum Gasteiger partial charge on any atom is 0.320 e. The summed E-state index contributed by atoms with van der Waals surface area (Å²) in [5.41, 5.74) is 9.71. The minimum Gasteiger partial charge on any atom is -0.506 e. The molecule has 0 spiro atoms. The number of halogens is 1. The lowest BCUT2D eigenvalue weighted by molar-refractivity contribution is -0.138. The van der Waals surface area contributed by atoms with E-state index >= 15 is 0 Å². The number of amides is 1. The number of nitrogens with two attached hydrogens (primary N) is 1. The normalized spacial score (nSPS) is 12.4. The molecule has 0 bridgehead atoms. The van der Waals surface area contributed by atoms with Crippen LogP contribution in [0.2, 0.25) is 5.02 Å². The molecule has 0 aromatic heterocycles. The van der Waals surface area contributed by atoms with Crippen LogP contribution in [-0.2, 0) is 4.79 Å². The predicted octanol–water partition coefficient (Wildman–Crippen LogP) is 2.62. The number of phenols is 1. The minimum absolute atomic E-state index is 0.0829. The Morgan fingerprint density at radius 2 is 1.85 bits per heavy atom. The number of hydrazone groups is 1. The van der Waals surface area contributed by atoms with E-state index in [1.165, 1.54) is 24.4 Å². The monoisotopic (exact) mass is 387 g/mol. The van der Waals surface area contributed by atoms with Crippen LogP contribution < -0.4 is 11.2 Å². The average Bonchev–Trinajstić information content (AvgIpc) is 2.65. The summed E-state index contributed by atoms with van der Waals surface area (Å²) in [7, 11) is 0. The Kier molecular flexibility index (Phi) is 7.10. The first-order valence-corrected chi connectivity index (χ1v) is 8.31. The minimum atomic E-state index is -1.04. The molecule has 0 aliphatic heterocycles. The summed E-state index contributed by atoms with van der Waals surface area (Å²) in [4.78, 5) is 22.6. The van der Waals surface area contributed by atoms with Crippen molar-refractivity contribution in [2.75, 3.05) is 0 Å². The summed E-state index contributed by atoms with van der Waals surface area (Å²) < 4.78 is 0. The highest BCUT2D eigenvalue weighted by Crippen LogP contribution is 2.23. The van der Waals surface area contributed by atoms with Gasteiger partial charge in [-0.1, -0.05) is 48.0 Å². The number of nitrogens with zero attached hydrogens (tertiary/aromatic N) is 1. The van der Waals surface area contributed by atoms with E-state index in [9.17, 15) is 14.7 Å². The number of aliphatic carboxylic acids is 1. The highest BCUT2D eigenvalue weighted by Gasteiger charge is 2.08. The molecule has 1 atom stereocenters. The maximum absolute atomic E-state index is 11.9. The molecule has 0 saturated heterocycles. The SMILES string of the molecule is NC(CC=Cc1ccc(C=NNC(=O)c2ccc(O)c(Cl)c2)cc1)C(=O)O. The molecule has 0 radical (unpaired) electrons. The van der Waals surface area contributed by atoms with Gasteiger partial charge >= 0.3 is 5.97 Å². The smallest absolute Gasteiger partial charge is 0.320 e. The molecular formula is C19H18ClN3O4. The van der Waals surface area contributed by atoms with E-state index in [2.05, 4.69) is 10.5 Å². The number of nitrogens with one attached hydrogen (secondary N) is 1. The molecular weight excluding hydrogens is 370 g/mol. The van der Waals surface area contributed by atoms with Gasteiger partial charge in [-0.25, -0.2) is 5.43 Å². The van der Waals surface area contributed by atoms with Crippen molar-refractivity contribution < 1.29 is 19.8 Å². The molecule has 7 nitrogen and oxygen atoms in total. The van der Waals surface area contributed by atoms with Crippen molar-refractivity contribution in [3.63, 3.8) is 0 Å². The third kappa shape index (κ3) is 6.25. The van der Waals surface area contributed by atoms with Gasteiger partial charge in [-0.2, -0.15) is 5.10 Å². The molecule has 2 aromatic rings. The molecule has 2 rings (SSSR count). The number of rotatable bonds is 7. The van der Waals surface area contributed by atoms with E-state index in [1.807, 2.05) is 12.1 Å². The van der Waals surface area contributed by atoms with Gasteiger partial charge < -0.3 is 15.9 Å². The van der Waals surface area contributed by atoms with Crippen molar-refractivity contribution in [3.05, 3.63) is 70.3 Å². The number of carbonyl (C=O) groups is 2. The Morgan fingerprint density at radius 1 is 1.19 bits per heavy atom. The number of hydrogen-bond acceptors (Lipinski definition) is 5. The lowest BCUT2D eigenvalue weighted by Gasteiger charge is -2.02. The predicted molar refractivity (Wildman–Crippen MR) is 104 cm³/mol. The van der Waals surface area contributed by atoms with Gasteiger partial charge in [0.2, 0.25) is 0 Å². The second-order valence-corrected chi connectivity index (χ2v) is 6.02. The molecule has 27 heavy (non-hydrogen) atoms. The first-order valence-electron chi connectivity index (χ1n) is 7.93. The molecule has 0 saturated carbocycles. The molecule has 140 valence electrons. The number of aromatic hydroxyl groups is 1. The van der Waals surface area contributed by atoms with Crippen LogP contribution in [-0.4, -0.2) is 34.3 Å². The molecule has 5 N–H and O–H groups in total. The first-order chi connectivity index (χ1) is 12.9. The standard InChI is InChI=1S/C19H18ClN3O4/c20-15-10-14(8-9-17(15)24)18(25)23-22-11-13-6-4-12(5-7-13)2-1-3-16(21)19(26)27/h1-2,4-11,16,24H,3,21H2,(H,23,25)(H,26,27). The zero-order chi connectivity index (χ0) is 19.8. The Bertz CT molecular complexity index is 879. The number of hydrogen-bond donors (Lipinski definition) is 4. The molecule has 0 aliphatic rings. The van der Waals surface area contributed by atoms with Gasteiger partial charge in [0.25, 0.3) is 5.91 Å². The molecule has 2 aromatic carbocycles. The average molecular weight is 388 g/mol. The van der Waals surface area contributed by atoms with E-state index in [1.54, 1.807) is 24.3 Å². The van der Waals surface area contributed by atoms with Crippen LogP contribution in [0.1, 0.15) is 27.9 Å². The molecule has 1 unspecified atom stereocenters. The third-order valence-electron chi connectivity index (χ3n) is 3.54. The van der Waals surface area contributed by atoms with Crippen molar-refractivity contribution in [1.29, 1.82) is 0 Å². The Hall–Kier alpha value is -3.16. The zero-order valence-electron chi connectivity index (χ0n) is 14.2. The van der Waals surface area contributed by atoms with Crippen LogP contribution in [0, 0.1) is 0 Å². The van der Waals surface area contributed by atoms with Gasteiger partial charge in [-0.05, 0) is 35.7 Å². The van der Waals surface area contributed by atoms with Crippen LogP contribution in [0.4, 0.5) is 0 Å². The highest BCUT2D eigenvalue weighted by molar-refractivity contribution is 6.32. The third-order valence-corrected chi connectivity index (χ3v) is 3.85. The fraction of sp³-hybridized carbons (Fsp3) is 0.105.